The van der Waals surface area contributed by atoms with Crippen LogP contribution in [0.5, 0.6) is 0 Å². The molecule has 0 saturated carbocycles. The Kier molecular flexibility index (Phi) is 6.61. The van der Waals surface area contributed by atoms with Crippen LogP contribution in [-0.4, -0.2) is 13.7 Å². The Morgan fingerprint density at radius 3 is 1.64 bits per heavy atom. The van der Waals surface area contributed by atoms with Crippen molar-refractivity contribution in [3.8, 4) is 34.3 Å². The van der Waals surface area contributed by atoms with E-state index in [1.807, 2.05) is 42.5 Å². The normalized spacial score (nSPS) is 11.6. The van der Waals surface area contributed by atoms with Crippen LogP contribution in [-0.2, 0) is 0 Å². The lowest BCUT2D eigenvalue weighted by Crippen LogP contribution is -2.00. The second-order valence-electron chi connectivity index (χ2n) is 13.9. The zero-order valence-corrected chi connectivity index (χ0v) is 29.5. The minimum atomic E-state index is 0.592. The first-order valence-electron chi connectivity index (χ1n) is 18.3. The Balaban J connectivity index is 1.17. The number of rotatable bonds is 4. The molecule has 0 atom stereocenters. The van der Waals surface area contributed by atoms with E-state index in [9.17, 15) is 5.26 Å². The monoisotopic (exact) mass is 699 g/mol. The van der Waals surface area contributed by atoms with Gasteiger partial charge >= 0.3 is 0 Å². The third-order valence-corrected chi connectivity index (χ3v) is 11.1. The molecule has 254 valence electrons. The van der Waals surface area contributed by atoms with Gasteiger partial charge in [-0.05, 0) is 83.7 Å². The molecule has 0 amide bonds. The minimum Gasteiger partial charge on any atom is -0.309 e. The predicted octanol–water partition coefficient (Wildman–Crippen LogP) is 13.1. The van der Waals surface area contributed by atoms with Crippen LogP contribution in [0.4, 0.5) is 5.69 Å². The van der Waals surface area contributed by atoms with Crippen molar-refractivity contribution in [3.05, 3.63) is 193 Å². The van der Waals surface area contributed by atoms with Crippen molar-refractivity contribution < 1.29 is 0 Å². The largest absolute Gasteiger partial charge is 0.309 e. The highest BCUT2D eigenvalue weighted by Crippen LogP contribution is 2.42. The van der Waals surface area contributed by atoms with Crippen LogP contribution in [0.25, 0.3) is 98.5 Å². The Morgan fingerprint density at radius 1 is 0.436 bits per heavy atom. The van der Waals surface area contributed by atoms with Crippen LogP contribution in [0.2, 0.25) is 0 Å². The van der Waals surface area contributed by atoms with E-state index < -0.39 is 0 Å². The molecule has 0 aliphatic rings. The van der Waals surface area contributed by atoms with Gasteiger partial charge in [0.1, 0.15) is 0 Å². The average molecular weight is 700 g/mol. The van der Waals surface area contributed by atoms with Gasteiger partial charge in [-0.25, -0.2) is 4.85 Å². The first-order valence-corrected chi connectivity index (χ1v) is 18.3. The summed E-state index contributed by atoms with van der Waals surface area (Å²) in [6, 6.07) is 63.7. The fraction of sp³-hybridized carbons (Fsp3) is 0. The molecule has 3 heterocycles. The van der Waals surface area contributed by atoms with E-state index in [1.54, 1.807) is 0 Å². The third-order valence-electron chi connectivity index (χ3n) is 11.1. The fourth-order valence-electron chi connectivity index (χ4n) is 8.86. The molecule has 8 aromatic carbocycles. The predicted molar refractivity (Wildman–Crippen MR) is 226 cm³/mol. The van der Waals surface area contributed by atoms with Gasteiger partial charge in [0.15, 0.2) is 5.69 Å². The average Bonchev–Trinajstić information content (AvgIpc) is 3.89. The van der Waals surface area contributed by atoms with E-state index in [0.29, 0.717) is 11.3 Å². The molecular formula is C50H29N5. The van der Waals surface area contributed by atoms with Crippen molar-refractivity contribution in [1.82, 2.24) is 13.7 Å². The maximum Gasteiger partial charge on any atom is 0.188 e. The molecule has 0 saturated heterocycles. The van der Waals surface area contributed by atoms with Crippen molar-refractivity contribution in [2.75, 3.05) is 0 Å². The summed E-state index contributed by atoms with van der Waals surface area (Å²) in [6.07, 6.45) is 0. The first kappa shape index (κ1) is 30.7. The summed E-state index contributed by atoms with van der Waals surface area (Å²) < 4.78 is 6.99. The second kappa shape index (κ2) is 11.8. The van der Waals surface area contributed by atoms with Gasteiger partial charge in [0.25, 0.3) is 0 Å². The quantitative estimate of drug-likeness (QED) is 0.169. The molecule has 5 heteroatoms. The van der Waals surface area contributed by atoms with Crippen LogP contribution in [0, 0.1) is 17.9 Å². The molecule has 3 aromatic heterocycles. The molecular weight excluding hydrogens is 671 g/mol. The molecule has 11 rings (SSSR count). The summed E-state index contributed by atoms with van der Waals surface area (Å²) in [7, 11) is 0. The maximum absolute atomic E-state index is 10.6. The smallest absolute Gasteiger partial charge is 0.188 e. The SMILES string of the molecule is [C-]#[N+]c1ccc2c(c1)c1ccccc1n2-c1cccc(C#N)c1-c1cccc(-n2c3ccccc3c3c(-n4c5ccccc5c5ccccc54)cccc32)c1. The Labute approximate surface area is 316 Å². The number of hydrogen-bond donors (Lipinski definition) is 0. The summed E-state index contributed by atoms with van der Waals surface area (Å²) in [5.41, 5.74) is 12.6. The molecule has 0 spiro atoms. The number of hydrogen-bond acceptors (Lipinski definition) is 1. The number of nitriles is 1. The molecule has 0 bridgehead atoms. The summed E-state index contributed by atoms with van der Waals surface area (Å²) in [4.78, 5) is 3.72. The Morgan fingerprint density at radius 2 is 0.964 bits per heavy atom. The molecule has 0 radical (unpaired) electrons. The minimum absolute atomic E-state index is 0.592. The highest BCUT2D eigenvalue weighted by atomic mass is 15.0. The second-order valence-corrected chi connectivity index (χ2v) is 13.9. The summed E-state index contributed by atoms with van der Waals surface area (Å²) in [6.45, 7) is 7.67. The molecule has 0 fully saturated rings. The van der Waals surface area contributed by atoms with Crippen LogP contribution in [0.15, 0.2) is 176 Å². The summed E-state index contributed by atoms with van der Waals surface area (Å²) >= 11 is 0. The van der Waals surface area contributed by atoms with Gasteiger partial charge in [0, 0.05) is 38.2 Å². The lowest BCUT2D eigenvalue weighted by atomic mass is 9.97. The van der Waals surface area contributed by atoms with E-state index in [1.165, 1.54) is 32.6 Å². The van der Waals surface area contributed by atoms with Gasteiger partial charge in [0.05, 0.1) is 62.7 Å². The van der Waals surface area contributed by atoms with Crippen LogP contribution < -0.4 is 0 Å². The third kappa shape index (κ3) is 4.39. The van der Waals surface area contributed by atoms with Crippen molar-refractivity contribution in [2.45, 2.75) is 0 Å². The van der Waals surface area contributed by atoms with Crippen LogP contribution in [0.3, 0.4) is 0 Å². The van der Waals surface area contributed by atoms with E-state index in [2.05, 4.69) is 158 Å². The van der Waals surface area contributed by atoms with Gasteiger partial charge in [-0.3, -0.25) is 0 Å². The molecule has 0 unspecified atom stereocenters. The Hall–Kier alpha value is -7.86. The molecule has 11 aromatic rings. The topological polar surface area (TPSA) is 42.9 Å². The molecule has 0 aliphatic heterocycles. The molecule has 5 nitrogen and oxygen atoms in total. The van der Waals surface area contributed by atoms with Crippen molar-refractivity contribution in [2.24, 2.45) is 0 Å². The van der Waals surface area contributed by atoms with Gasteiger partial charge in [0.2, 0.25) is 0 Å². The Bertz CT molecular complexity index is 3420. The number of benzene rings is 8. The zero-order chi connectivity index (χ0) is 36.6. The van der Waals surface area contributed by atoms with Gasteiger partial charge < -0.3 is 13.7 Å². The lowest BCUT2D eigenvalue weighted by molar-refractivity contribution is 1.16. The van der Waals surface area contributed by atoms with E-state index in [-0.39, 0.29) is 0 Å². The lowest BCUT2D eigenvalue weighted by Gasteiger charge is -2.17. The van der Waals surface area contributed by atoms with Gasteiger partial charge in [-0.2, -0.15) is 5.26 Å². The maximum atomic E-state index is 10.6. The zero-order valence-electron chi connectivity index (χ0n) is 29.5. The van der Waals surface area contributed by atoms with E-state index in [4.69, 9.17) is 6.57 Å². The van der Waals surface area contributed by atoms with Gasteiger partial charge in [-0.1, -0.05) is 103 Å². The first-order chi connectivity index (χ1) is 27.2. The van der Waals surface area contributed by atoms with Crippen molar-refractivity contribution in [3.63, 3.8) is 0 Å². The number of para-hydroxylation sites is 4. The van der Waals surface area contributed by atoms with Crippen molar-refractivity contribution >= 4 is 71.1 Å². The number of nitrogens with zero attached hydrogens (tertiary/aromatic N) is 5. The number of aromatic nitrogens is 3. The van der Waals surface area contributed by atoms with Crippen LogP contribution in [0.1, 0.15) is 5.56 Å². The fourth-order valence-corrected chi connectivity index (χ4v) is 8.86. The molecule has 0 aliphatic carbocycles. The van der Waals surface area contributed by atoms with E-state index >= 15 is 0 Å². The van der Waals surface area contributed by atoms with E-state index in [0.717, 1.165) is 61.0 Å². The summed E-state index contributed by atoms with van der Waals surface area (Å²) in [5.74, 6) is 0. The number of fused-ring (bicyclic) bond motifs is 9. The summed E-state index contributed by atoms with van der Waals surface area (Å²) in [5, 5.41) is 17.5. The highest BCUT2D eigenvalue weighted by molar-refractivity contribution is 6.16. The standard InChI is InChI=1S/C50H29N5/c1-52-34-27-28-45-40(30-34)38-18-4-8-22-43(38)55(45)46-24-11-14-33(31-51)49(46)32-13-10-15-35(29-32)53-44-23-9-5-19-39(44)50-47(53)25-12-26-48(50)54-41-20-6-2-16-36(41)37-17-3-7-21-42(37)54/h2-30H. The highest BCUT2D eigenvalue weighted by Gasteiger charge is 2.22. The molecule has 55 heavy (non-hydrogen) atoms. The van der Waals surface area contributed by atoms with Crippen LogP contribution >= 0.6 is 0 Å². The van der Waals surface area contributed by atoms with Crippen molar-refractivity contribution in [1.29, 1.82) is 5.26 Å². The molecule has 0 N–H and O–H groups in total. The van der Waals surface area contributed by atoms with Gasteiger partial charge in [-0.15, -0.1) is 0 Å².